The molecule has 102 valence electrons. The third-order valence-corrected chi connectivity index (χ3v) is 3.81. The minimum atomic E-state index is 0. The van der Waals surface area contributed by atoms with Crippen molar-refractivity contribution in [2.24, 2.45) is 11.8 Å². The van der Waals surface area contributed by atoms with Gasteiger partial charge in [-0.2, -0.15) is 6.20 Å². The van der Waals surface area contributed by atoms with Gasteiger partial charge in [0.15, 0.2) is 0 Å². The van der Waals surface area contributed by atoms with Crippen molar-refractivity contribution in [3.05, 3.63) is 18.5 Å². The van der Waals surface area contributed by atoms with E-state index in [1.165, 1.54) is 45.3 Å². The fraction of sp³-hybridized carbons (Fsp3) is 0.800. The number of nitrogens with zero attached hydrogens (tertiary/aromatic N) is 3. The van der Waals surface area contributed by atoms with E-state index in [-0.39, 0.29) is 51.4 Å². The fourth-order valence-electron chi connectivity index (χ4n) is 2.85. The molecule has 19 heavy (non-hydrogen) atoms. The molecule has 1 fully saturated rings. The number of rotatable bonds is 6. The normalized spacial score (nSPS) is 20.5. The van der Waals surface area contributed by atoms with Gasteiger partial charge in [-0.15, -0.1) is 6.20 Å². The second-order valence-electron chi connectivity index (χ2n) is 6.01. The first-order chi connectivity index (χ1) is 8.74. The summed E-state index contributed by atoms with van der Waals surface area (Å²) in [4.78, 5) is 2.64. The molecule has 1 unspecified atom stereocenters. The minimum Gasteiger partial charge on any atom is -0.432 e. The van der Waals surface area contributed by atoms with E-state index in [1.54, 1.807) is 6.20 Å². The van der Waals surface area contributed by atoms with Crippen molar-refractivity contribution in [3.8, 4) is 0 Å². The second-order valence-corrected chi connectivity index (χ2v) is 6.01. The molecular weight excluding hydrogens is 261 g/mol. The van der Waals surface area contributed by atoms with Gasteiger partial charge in [0.05, 0.1) is 0 Å². The van der Waals surface area contributed by atoms with Crippen molar-refractivity contribution >= 4 is 0 Å². The Labute approximate surface area is 160 Å². The van der Waals surface area contributed by atoms with E-state index in [9.17, 15) is 0 Å². The van der Waals surface area contributed by atoms with Crippen molar-refractivity contribution < 1.29 is 51.4 Å². The third-order valence-electron chi connectivity index (χ3n) is 3.81. The van der Waals surface area contributed by atoms with Crippen molar-refractivity contribution in [3.63, 3.8) is 0 Å². The summed E-state index contributed by atoms with van der Waals surface area (Å²) in [7, 11) is 0. The Hall–Kier alpha value is 0.806. The zero-order chi connectivity index (χ0) is 12.8. The number of piperidine rings is 1. The van der Waals surface area contributed by atoms with E-state index in [0.29, 0.717) is 0 Å². The van der Waals surface area contributed by atoms with E-state index in [0.717, 1.165) is 18.4 Å². The average Bonchev–Trinajstić information content (AvgIpc) is 2.82. The molecule has 0 N–H and O–H groups in total. The van der Waals surface area contributed by atoms with Gasteiger partial charge in [0, 0.05) is 13.1 Å². The van der Waals surface area contributed by atoms with Crippen LogP contribution in [0.5, 0.6) is 0 Å². The summed E-state index contributed by atoms with van der Waals surface area (Å²) < 4.78 is 2.03. The van der Waals surface area contributed by atoms with Crippen LogP contribution in [0.3, 0.4) is 0 Å². The maximum Gasteiger partial charge on any atom is 1.00 e. The maximum atomic E-state index is 4.26. The molecule has 0 spiro atoms. The number of likely N-dealkylation sites (tertiary alicyclic amines) is 1. The predicted octanol–water partition coefficient (Wildman–Crippen LogP) is -0.165. The Morgan fingerprint density at radius 3 is 2.95 bits per heavy atom. The van der Waals surface area contributed by atoms with Crippen molar-refractivity contribution in [2.75, 3.05) is 19.6 Å². The summed E-state index contributed by atoms with van der Waals surface area (Å²) in [5.74, 6) is 1.61. The number of hydrogen-bond donors (Lipinski definition) is 0. The molecule has 1 aromatic rings. The molecule has 3 nitrogen and oxygen atoms in total. The summed E-state index contributed by atoms with van der Waals surface area (Å²) in [6, 6.07) is 3.02. The van der Waals surface area contributed by atoms with E-state index in [2.05, 4.69) is 29.9 Å². The van der Waals surface area contributed by atoms with Crippen LogP contribution < -0.4 is 51.4 Å². The van der Waals surface area contributed by atoms with E-state index in [4.69, 9.17) is 0 Å². The summed E-state index contributed by atoms with van der Waals surface area (Å²) >= 11 is 0. The molecule has 0 aliphatic carbocycles. The second kappa shape index (κ2) is 9.69. The predicted molar refractivity (Wildman–Crippen MR) is 74.3 cm³/mol. The van der Waals surface area contributed by atoms with Crippen LogP contribution in [-0.2, 0) is 6.54 Å². The zero-order valence-electron chi connectivity index (χ0n) is 12.8. The molecule has 0 aromatic carbocycles. The van der Waals surface area contributed by atoms with Gasteiger partial charge in [-0.3, -0.25) is 0 Å². The fourth-order valence-corrected chi connectivity index (χ4v) is 2.85. The van der Waals surface area contributed by atoms with Gasteiger partial charge in [0.25, 0.3) is 0 Å². The van der Waals surface area contributed by atoms with E-state index < -0.39 is 0 Å². The Kier molecular flexibility index (Phi) is 9.11. The standard InChI is InChI=1S/C15H26N3.K/c1-14(2)6-3-9-17-10-4-7-15(12-17)13-18-11-5-8-16-18;/h8,11,14-15H,3-4,6-7,9-10,12-13H2,1-2H3;/q-1;+1. The molecular formula is C15H26KN3. The third kappa shape index (κ3) is 6.87. The van der Waals surface area contributed by atoms with E-state index in [1.807, 2.05) is 10.9 Å². The molecule has 1 aliphatic rings. The molecule has 1 aliphatic heterocycles. The van der Waals surface area contributed by atoms with Crippen LogP contribution in [0.2, 0.25) is 0 Å². The van der Waals surface area contributed by atoms with Gasteiger partial charge in [-0.25, -0.2) is 5.10 Å². The zero-order valence-corrected chi connectivity index (χ0v) is 15.9. The van der Waals surface area contributed by atoms with Gasteiger partial charge in [0.1, 0.15) is 0 Å². The molecule has 2 rings (SSSR count). The summed E-state index contributed by atoms with van der Waals surface area (Å²) in [6.07, 6.45) is 9.11. The van der Waals surface area contributed by atoms with Crippen molar-refractivity contribution in [1.82, 2.24) is 14.7 Å². The molecule has 1 atom stereocenters. The topological polar surface area (TPSA) is 21.1 Å². The molecule has 2 heterocycles. The van der Waals surface area contributed by atoms with E-state index >= 15 is 0 Å². The van der Waals surface area contributed by atoms with Crippen LogP contribution in [-0.4, -0.2) is 34.3 Å². The maximum absolute atomic E-state index is 4.26. The summed E-state index contributed by atoms with van der Waals surface area (Å²) in [6.45, 7) is 9.50. The van der Waals surface area contributed by atoms with Gasteiger partial charge < -0.3 is 15.6 Å². The van der Waals surface area contributed by atoms with Crippen LogP contribution in [0.15, 0.2) is 12.4 Å². The van der Waals surface area contributed by atoms with Gasteiger partial charge >= 0.3 is 51.4 Å². The van der Waals surface area contributed by atoms with Crippen LogP contribution in [0.4, 0.5) is 0 Å². The van der Waals surface area contributed by atoms with Crippen LogP contribution >= 0.6 is 0 Å². The first-order valence-electron chi connectivity index (χ1n) is 7.35. The minimum absolute atomic E-state index is 0. The Balaban J connectivity index is 0.00000180. The SMILES string of the molecule is CC(C)CCCN1CCCC(Cn2c[c-]cn2)C1.[K+]. The molecule has 0 radical (unpaired) electrons. The Morgan fingerprint density at radius 2 is 2.26 bits per heavy atom. The number of hydrogen-bond acceptors (Lipinski definition) is 2. The largest absolute Gasteiger partial charge is 1.00 e. The average molecular weight is 287 g/mol. The monoisotopic (exact) mass is 287 g/mol. The summed E-state index contributed by atoms with van der Waals surface area (Å²) in [5.41, 5.74) is 0. The molecule has 1 saturated heterocycles. The number of aromatic nitrogens is 2. The smallest absolute Gasteiger partial charge is 0.432 e. The molecule has 0 saturated carbocycles. The van der Waals surface area contributed by atoms with Crippen LogP contribution in [0, 0.1) is 17.9 Å². The molecule has 4 heteroatoms. The van der Waals surface area contributed by atoms with Gasteiger partial charge in [-0.05, 0) is 50.6 Å². The Morgan fingerprint density at radius 1 is 1.42 bits per heavy atom. The van der Waals surface area contributed by atoms with Gasteiger partial charge in [0.2, 0.25) is 0 Å². The molecule has 0 bridgehead atoms. The quantitative estimate of drug-likeness (QED) is 0.535. The molecule has 1 aromatic heterocycles. The van der Waals surface area contributed by atoms with Crippen molar-refractivity contribution in [1.29, 1.82) is 0 Å². The Bertz CT molecular complexity index is 324. The van der Waals surface area contributed by atoms with Crippen LogP contribution in [0.25, 0.3) is 0 Å². The van der Waals surface area contributed by atoms with Crippen LogP contribution in [0.1, 0.15) is 39.5 Å². The van der Waals surface area contributed by atoms with Crippen molar-refractivity contribution in [2.45, 2.75) is 46.1 Å². The van der Waals surface area contributed by atoms with Gasteiger partial charge in [-0.1, -0.05) is 13.8 Å². The first-order valence-corrected chi connectivity index (χ1v) is 7.35. The molecule has 0 amide bonds. The first kappa shape index (κ1) is 17.9. The summed E-state index contributed by atoms with van der Waals surface area (Å²) in [5, 5.41) is 4.26.